The van der Waals surface area contributed by atoms with Gasteiger partial charge in [-0.25, -0.2) is 13.4 Å². The number of rotatable bonds is 8. The van der Waals surface area contributed by atoms with E-state index in [1.54, 1.807) is 31.4 Å². The highest BCUT2D eigenvalue weighted by atomic mass is 79.9. The van der Waals surface area contributed by atoms with Crippen LogP contribution in [-0.4, -0.2) is 50.7 Å². The molecule has 2 heterocycles. The van der Waals surface area contributed by atoms with Gasteiger partial charge in [0.1, 0.15) is 5.75 Å². The molecule has 0 amide bonds. The molecule has 0 atom stereocenters. The van der Waals surface area contributed by atoms with Crippen LogP contribution in [0.2, 0.25) is 0 Å². The highest BCUT2D eigenvalue weighted by Gasteiger charge is 2.30. The third-order valence-electron chi connectivity index (χ3n) is 6.74. The van der Waals surface area contributed by atoms with Crippen molar-refractivity contribution in [2.75, 3.05) is 33.4 Å². The van der Waals surface area contributed by atoms with Crippen molar-refractivity contribution in [2.24, 2.45) is 4.99 Å². The van der Waals surface area contributed by atoms with Crippen LogP contribution >= 0.6 is 28.3 Å². The van der Waals surface area contributed by atoms with E-state index in [4.69, 9.17) is 9.47 Å². The molecule has 1 saturated heterocycles. The highest BCUT2D eigenvalue weighted by molar-refractivity contribution is 8.93. The number of benzene rings is 3. The number of hydrogen-bond donors (Lipinski definition) is 0. The SMILES string of the molecule is Br.COc1ccc(CCn2c(-c3ccc(S(=O)(=O)N4CCOCC4)cc3)csc2=Nc2cccc(C(F)(F)F)c2)cc1. The van der Waals surface area contributed by atoms with Crippen molar-refractivity contribution >= 4 is 44.0 Å². The van der Waals surface area contributed by atoms with Crippen LogP contribution in [0.4, 0.5) is 18.9 Å². The monoisotopic (exact) mass is 683 g/mol. The average Bonchev–Trinajstić information content (AvgIpc) is 3.38. The minimum Gasteiger partial charge on any atom is -0.497 e. The summed E-state index contributed by atoms with van der Waals surface area (Å²) < 4.78 is 79.9. The number of thiazole rings is 1. The molecule has 224 valence electrons. The third-order valence-corrected chi connectivity index (χ3v) is 9.51. The Kier molecular flexibility index (Phi) is 10.3. The van der Waals surface area contributed by atoms with E-state index in [2.05, 4.69) is 4.99 Å². The lowest BCUT2D eigenvalue weighted by Gasteiger charge is -2.26. The van der Waals surface area contributed by atoms with Crippen molar-refractivity contribution < 1.29 is 31.1 Å². The van der Waals surface area contributed by atoms with E-state index in [-0.39, 0.29) is 27.6 Å². The number of methoxy groups -OCH3 is 1. The van der Waals surface area contributed by atoms with Crippen LogP contribution in [0.3, 0.4) is 0 Å². The molecule has 3 aromatic carbocycles. The second-order valence-electron chi connectivity index (χ2n) is 9.35. The van der Waals surface area contributed by atoms with Crippen LogP contribution in [0.1, 0.15) is 11.1 Å². The molecular formula is C29H29BrF3N3O4S2. The first-order chi connectivity index (χ1) is 19.6. The highest BCUT2D eigenvalue weighted by Crippen LogP contribution is 2.31. The Morgan fingerprint density at radius 2 is 1.69 bits per heavy atom. The fourth-order valence-electron chi connectivity index (χ4n) is 4.49. The van der Waals surface area contributed by atoms with E-state index in [1.807, 2.05) is 34.2 Å². The van der Waals surface area contributed by atoms with Crippen LogP contribution in [0, 0.1) is 0 Å². The Hall–Kier alpha value is -2.97. The van der Waals surface area contributed by atoms with Crippen LogP contribution < -0.4 is 9.54 Å². The Morgan fingerprint density at radius 3 is 2.33 bits per heavy atom. The summed E-state index contributed by atoms with van der Waals surface area (Å²) in [5.74, 6) is 0.741. The first kappa shape index (κ1) is 32.0. The van der Waals surface area contributed by atoms with Crippen molar-refractivity contribution in [2.45, 2.75) is 24.0 Å². The zero-order valence-electron chi connectivity index (χ0n) is 22.6. The molecule has 0 spiro atoms. The molecule has 0 aliphatic carbocycles. The zero-order valence-corrected chi connectivity index (χ0v) is 25.9. The molecule has 7 nitrogen and oxygen atoms in total. The number of nitrogens with zero attached hydrogens (tertiary/aromatic N) is 3. The van der Waals surface area contributed by atoms with Crippen LogP contribution in [0.15, 0.2) is 88.1 Å². The fraction of sp³-hybridized carbons (Fsp3) is 0.276. The van der Waals surface area contributed by atoms with Gasteiger partial charge in [-0.3, -0.25) is 0 Å². The Bertz CT molecular complexity index is 1660. The van der Waals surface area contributed by atoms with Gasteiger partial charge in [0.2, 0.25) is 10.0 Å². The topological polar surface area (TPSA) is 73.1 Å². The van der Waals surface area contributed by atoms with E-state index in [9.17, 15) is 21.6 Å². The number of alkyl halides is 3. The van der Waals surface area contributed by atoms with Gasteiger partial charge in [-0.2, -0.15) is 17.5 Å². The summed E-state index contributed by atoms with van der Waals surface area (Å²) in [5.41, 5.74) is 2.02. The number of sulfonamides is 1. The van der Waals surface area contributed by atoms with Crippen molar-refractivity contribution in [1.29, 1.82) is 0 Å². The first-order valence-electron chi connectivity index (χ1n) is 12.9. The van der Waals surface area contributed by atoms with Crippen molar-refractivity contribution in [3.05, 3.63) is 94.1 Å². The standard InChI is InChI=1S/C29H28F3N3O4S2.BrH/c1-38-25-9-5-21(6-10-25)13-14-35-27(20-40-28(35)33-24-4-2-3-23(19-24)29(30,31)32)22-7-11-26(12-8-22)41(36,37)34-15-17-39-18-16-34;/h2-12,19-20H,13-18H2,1H3;1H. The quantitative estimate of drug-likeness (QED) is 0.218. The first-order valence-corrected chi connectivity index (χ1v) is 15.2. The summed E-state index contributed by atoms with van der Waals surface area (Å²) in [6, 6.07) is 19.2. The van der Waals surface area contributed by atoms with Gasteiger partial charge in [0.25, 0.3) is 0 Å². The third kappa shape index (κ3) is 7.32. The van der Waals surface area contributed by atoms with Gasteiger partial charge in [-0.05, 0) is 60.0 Å². The number of hydrogen-bond acceptors (Lipinski definition) is 6. The molecule has 0 bridgehead atoms. The van der Waals surface area contributed by atoms with E-state index < -0.39 is 21.8 Å². The van der Waals surface area contributed by atoms with Gasteiger partial charge in [0, 0.05) is 25.0 Å². The number of ether oxygens (including phenoxy) is 2. The van der Waals surface area contributed by atoms with Gasteiger partial charge in [-0.1, -0.05) is 30.3 Å². The Labute approximate surface area is 256 Å². The van der Waals surface area contributed by atoms with Crippen molar-refractivity contribution in [3.63, 3.8) is 0 Å². The van der Waals surface area contributed by atoms with E-state index >= 15 is 0 Å². The van der Waals surface area contributed by atoms with E-state index in [1.165, 1.54) is 27.8 Å². The summed E-state index contributed by atoms with van der Waals surface area (Å²) in [4.78, 5) is 5.28. The summed E-state index contributed by atoms with van der Waals surface area (Å²) >= 11 is 1.31. The molecule has 4 aromatic rings. The van der Waals surface area contributed by atoms with Gasteiger partial charge in [0.05, 0.1) is 42.2 Å². The predicted octanol–water partition coefficient (Wildman–Crippen LogP) is 6.32. The Balaban J connectivity index is 0.00000405. The lowest BCUT2D eigenvalue weighted by Crippen LogP contribution is -2.40. The zero-order chi connectivity index (χ0) is 29.0. The number of morpholine rings is 1. The maximum atomic E-state index is 13.3. The van der Waals surface area contributed by atoms with E-state index in [0.717, 1.165) is 34.7 Å². The average molecular weight is 685 g/mol. The molecule has 1 aliphatic rings. The van der Waals surface area contributed by atoms with Gasteiger partial charge >= 0.3 is 6.18 Å². The van der Waals surface area contributed by atoms with Crippen LogP contribution in [-0.2, 0) is 33.9 Å². The number of aromatic nitrogens is 1. The minimum absolute atomic E-state index is 0. The molecule has 13 heteroatoms. The second-order valence-corrected chi connectivity index (χ2v) is 12.1. The molecule has 5 rings (SSSR count). The Morgan fingerprint density at radius 1 is 1.00 bits per heavy atom. The molecule has 0 saturated carbocycles. The molecule has 0 unspecified atom stereocenters. The normalized spacial score (nSPS) is 14.9. The lowest BCUT2D eigenvalue weighted by atomic mass is 10.1. The van der Waals surface area contributed by atoms with Gasteiger partial charge in [-0.15, -0.1) is 28.3 Å². The van der Waals surface area contributed by atoms with Gasteiger partial charge < -0.3 is 14.0 Å². The smallest absolute Gasteiger partial charge is 0.416 e. The molecule has 0 radical (unpaired) electrons. The molecule has 42 heavy (non-hydrogen) atoms. The predicted molar refractivity (Wildman–Crippen MR) is 161 cm³/mol. The summed E-state index contributed by atoms with van der Waals surface area (Å²) in [7, 11) is -2.05. The van der Waals surface area contributed by atoms with E-state index in [0.29, 0.717) is 44.1 Å². The van der Waals surface area contributed by atoms with Crippen molar-refractivity contribution in [3.8, 4) is 17.0 Å². The maximum absolute atomic E-state index is 13.3. The largest absolute Gasteiger partial charge is 0.497 e. The second kappa shape index (κ2) is 13.6. The number of halogens is 4. The minimum atomic E-state index is -4.47. The maximum Gasteiger partial charge on any atom is 0.416 e. The molecule has 1 aliphatic heterocycles. The molecular weight excluding hydrogens is 655 g/mol. The van der Waals surface area contributed by atoms with Crippen molar-refractivity contribution in [1.82, 2.24) is 8.87 Å². The van der Waals surface area contributed by atoms with Gasteiger partial charge in [0.15, 0.2) is 4.80 Å². The summed E-state index contributed by atoms with van der Waals surface area (Å²) in [6.07, 6.45) is -3.84. The molecule has 0 N–H and O–H groups in total. The molecule has 1 aromatic heterocycles. The fourth-order valence-corrected chi connectivity index (χ4v) is 6.86. The summed E-state index contributed by atoms with van der Waals surface area (Å²) in [6.45, 7) is 1.83. The number of aryl methyl sites for hydroxylation is 1. The summed E-state index contributed by atoms with van der Waals surface area (Å²) in [5, 5.41) is 1.88. The van der Waals surface area contributed by atoms with Crippen LogP contribution in [0.25, 0.3) is 11.3 Å². The lowest BCUT2D eigenvalue weighted by molar-refractivity contribution is -0.137. The molecule has 1 fully saturated rings. The van der Waals surface area contributed by atoms with Crippen LogP contribution in [0.5, 0.6) is 5.75 Å².